The average molecular weight is 1030 g/mol. The smallest absolute Gasteiger partial charge is 0.141 e. The molecule has 0 saturated carbocycles. The highest BCUT2D eigenvalue weighted by molar-refractivity contribution is 6.78. The first-order valence-corrected chi connectivity index (χ1v) is 25.7. The van der Waals surface area contributed by atoms with Crippen LogP contribution in [0.2, 0.25) is 0 Å². The Hall–Kier alpha value is -4.89. The van der Waals surface area contributed by atoms with Crippen LogP contribution in [0.1, 0.15) is 0 Å². The van der Waals surface area contributed by atoms with Gasteiger partial charge in [-0.3, -0.25) is 0 Å². The van der Waals surface area contributed by atoms with Gasteiger partial charge in [0.2, 0.25) is 0 Å². The Balaban J connectivity index is 1.32. The first kappa shape index (κ1) is 67.0. The van der Waals surface area contributed by atoms with E-state index in [1.165, 1.54) is 0 Å². The zero-order chi connectivity index (χ0) is 66.3. The number of hydrogen-bond acceptors (Lipinski definition) is 2. The van der Waals surface area contributed by atoms with Crippen LogP contribution in [-0.2, 0) is 0 Å². The molecule has 0 atom stereocenters. The molecule has 0 bridgehead atoms. The summed E-state index contributed by atoms with van der Waals surface area (Å²) < 4.78 is 6.38. The summed E-state index contributed by atoms with van der Waals surface area (Å²) in [7, 11) is 236. The topological polar surface area (TPSA) is 16.4 Å². The molecule has 0 amide bonds. The standard InChI is InChI=1S/C52B35NO/c53-13-1(2-4(19(59)32(13)72)20(60)35(75)34(74)14(2)54)3-15(55)17(57)5(18(58)16(3)56)7-23(63)41(81)48(42(82)24(7)64)88(49-43(83)25(65)8(26(66)44(49)84)6-21(61)36(76)39(79)37(77)22(6)62)50-45(85)27(67)9(28(68)46(50)86)10-29(69)33(73)30(70)11-12-31(71)38(78)40(80)47(87)52(12)89-51(10)11. The van der Waals surface area contributed by atoms with E-state index in [9.17, 15) is 0 Å². The van der Waals surface area contributed by atoms with E-state index in [1.807, 2.05) is 0 Å². The van der Waals surface area contributed by atoms with Crippen molar-refractivity contribution in [2.24, 2.45) is 0 Å². The number of nitrogens with zero attached hydrogens (tertiary/aromatic N) is 1. The molecule has 0 saturated heterocycles. The molecule has 37 heteroatoms. The first-order chi connectivity index (χ1) is 41.4. The van der Waals surface area contributed by atoms with E-state index >= 15 is 0 Å². The second kappa shape index (κ2) is 23.3. The van der Waals surface area contributed by atoms with Gasteiger partial charge >= 0.3 is 0 Å². The molecule has 0 unspecified atom stereocenters. The van der Waals surface area contributed by atoms with Gasteiger partial charge in [-0.05, 0) is 49.7 Å². The molecule has 324 valence electrons. The lowest BCUT2D eigenvalue weighted by molar-refractivity contribution is 0.673. The summed E-state index contributed by atoms with van der Waals surface area (Å²) in [5.74, 6) is 0. The van der Waals surface area contributed by atoms with Crippen molar-refractivity contribution in [2.75, 3.05) is 4.90 Å². The maximum atomic E-state index is 7.23. The second-order valence-electron chi connectivity index (χ2n) is 21.1. The van der Waals surface area contributed by atoms with Gasteiger partial charge in [0.05, 0.1) is 0 Å². The number of benzene rings is 9. The Morgan fingerprint density at radius 1 is 0.135 bits per heavy atom. The van der Waals surface area contributed by atoms with Crippen LogP contribution >= 0.6 is 0 Å². The largest absolute Gasteiger partial charge is 0.456 e. The molecule has 9 aromatic carbocycles. The maximum Gasteiger partial charge on any atom is 0.141 e. The molecule has 10 aromatic rings. The SMILES string of the molecule is [B]c1c([B])c([B])c(-c2c([B])c([B])c(N(c3c([B])c([B])c(-c4c([B])c([B])c(-c5c([B])c([B])c([B])c6c([B])c([B])c([B])c([B])c56)c([B])c4[B])c([B])c3[B])c3c([B])c([B])c(-c4c([B])c([B])c([B])c5c4oc4c([B])c([B])c([B])c([B])c45)c([B])c3[B])c([B])c2[B])c([B])c1[B]. The van der Waals surface area contributed by atoms with Crippen LogP contribution < -0.4 is 196 Å². The Bertz CT molecular complexity index is 4820. The second-order valence-corrected chi connectivity index (χ2v) is 21.1. The van der Waals surface area contributed by atoms with Crippen molar-refractivity contribution in [3.63, 3.8) is 0 Å². The van der Waals surface area contributed by atoms with Gasteiger partial charge in [0.1, 0.15) is 286 Å². The fourth-order valence-electron chi connectivity index (χ4n) is 11.6. The van der Waals surface area contributed by atoms with E-state index in [-0.39, 0.29) is 214 Å². The van der Waals surface area contributed by atoms with Crippen LogP contribution in [0.25, 0.3) is 77.2 Å². The summed E-state index contributed by atoms with van der Waals surface area (Å²) >= 11 is 0. The van der Waals surface area contributed by atoms with E-state index in [4.69, 9.17) is 279 Å². The van der Waals surface area contributed by atoms with Crippen LogP contribution in [-0.4, -0.2) is 275 Å². The van der Waals surface area contributed by atoms with E-state index in [1.54, 1.807) is 0 Å². The first-order valence-electron chi connectivity index (χ1n) is 25.7. The van der Waals surface area contributed by atoms with Gasteiger partial charge in [-0.15, -0.1) is 49.2 Å². The molecule has 2 nitrogen and oxygen atoms in total. The quantitative estimate of drug-likeness (QED) is 0.148. The zero-order valence-electron chi connectivity index (χ0n) is 47.1. The van der Waals surface area contributed by atoms with Gasteiger partial charge in [0.15, 0.2) is 0 Å². The molecule has 0 aliphatic carbocycles. The Kier molecular flexibility index (Phi) is 17.5. The van der Waals surface area contributed by atoms with E-state index in [0.717, 1.165) is 4.90 Å². The predicted octanol–water partition coefficient (Wildman–Crippen LogP) is -27.3. The zero-order valence-corrected chi connectivity index (χ0v) is 47.1. The van der Waals surface area contributed by atoms with Gasteiger partial charge in [-0.25, -0.2) is 0 Å². The lowest BCUT2D eigenvalue weighted by Gasteiger charge is -2.40. The fourth-order valence-corrected chi connectivity index (χ4v) is 11.6. The lowest BCUT2D eigenvalue weighted by atomic mass is 9.55. The molecule has 1 aromatic heterocycles. The minimum atomic E-state index is -0.481. The van der Waals surface area contributed by atoms with Crippen LogP contribution in [0, 0.1) is 0 Å². The molecule has 1 heterocycles. The van der Waals surface area contributed by atoms with Crippen LogP contribution in [0.3, 0.4) is 0 Å². The Morgan fingerprint density at radius 3 is 0.640 bits per heavy atom. The number of furan rings is 1. The van der Waals surface area contributed by atoms with Crippen molar-refractivity contribution in [3.05, 3.63) is 0 Å². The monoisotopic (exact) mass is 1040 g/mol. The van der Waals surface area contributed by atoms with Crippen molar-refractivity contribution < 1.29 is 4.42 Å². The van der Waals surface area contributed by atoms with Crippen molar-refractivity contribution >= 4 is 516 Å². The third-order valence-electron chi connectivity index (χ3n) is 16.6. The predicted molar refractivity (Wildman–Crippen MR) is 416 cm³/mol. The van der Waals surface area contributed by atoms with E-state index < -0.39 is 71.7 Å². The highest BCUT2D eigenvalue weighted by Crippen LogP contribution is 2.33. The van der Waals surface area contributed by atoms with Crippen molar-refractivity contribution in [3.8, 4) is 44.5 Å². The number of rotatable bonds is 7. The van der Waals surface area contributed by atoms with Gasteiger partial charge in [-0.2, -0.15) is 0 Å². The Morgan fingerprint density at radius 2 is 0.315 bits per heavy atom. The van der Waals surface area contributed by atoms with Gasteiger partial charge in [0, 0.05) is 33.4 Å². The molecule has 0 aliphatic heterocycles. The normalized spacial score (nSPS) is 11.6. The summed E-state index contributed by atoms with van der Waals surface area (Å²) in [6, 6.07) is 0. The number of anilines is 3. The van der Waals surface area contributed by atoms with Crippen LogP contribution in [0.4, 0.5) is 17.1 Å². The highest BCUT2D eigenvalue weighted by atomic mass is 16.3. The summed E-state index contributed by atoms with van der Waals surface area (Å²) in [5.41, 5.74) is -11.8. The maximum absolute atomic E-state index is 7.23. The van der Waals surface area contributed by atoms with Crippen molar-refractivity contribution in [2.45, 2.75) is 0 Å². The molecule has 10 rings (SSSR count). The van der Waals surface area contributed by atoms with Crippen LogP contribution in [0.5, 0.6) is 0 Å². The summed E-state index contributed by atoms with van der Waals surface area (Å²) in [6.07, 6.45) is 0. The molecule has 0 spiro atoms. The molecule has 70 radical (unpaired) electrons. The van der Waals surface area contributed by atoms with E-state index in [2.05, 4.69) is 0 Å². The van der Waals surface area contributed by atoms with Crippen LogP contribution in [0.15, 0.2) is 4.42 Å². The average Bonchev–Trinajstić information content (AvgIpc) is 1.70. The van der Waals surface area contributed by atoms with Gasteiger partial charge in [0.25, 0.3) is 0 Å². The van der Waals surface area contributed by atoms with Gasteiger partial charge < -0.3 is 9.32 Å². The minimum absolute atomic E-state index is 0.0315. The Labute approximate surface area is 565 Å². The third-order valence-corrected chi connectivity index (χ3v) is 16.6. The minimum Gasteiger partial charge on any atom is -0.456 e. The molecular formula is C52B35NO. The third kappa shape index (κ3) is 9.25. The van der Waals surface area contributed by atoms with E-state index in [0.29, 0.717) is 0 Å². The number of fused-ring (bicyclic) bond motifs is 4. The highest BCUT2D eigenvalue weighted by Gasteiger charge is 2.33. The molecule has 0 aliphatic rings. The van der Waals surface area contributed by atoms with Crippen molar-refractivity contribution in [1.29, 1.82) is 0 Å². The number of hydrogen-bond donors (Lipinski definition) is 0. The summed E-state index contributed by atoms with van der Waals surface area (Å²) in [6.45, 7) is 0. The van der Waals surface area contributed by atoms with Crippen molar-refractivity contribution in [1.82, 2.24) is 0 Å². The lowest BCUT2D eigenvalue weighted by Crippen LogP contribution is -2.58. The molecule has 89 heavy (non-hydrogen) atoms. The summed E-state index contributed by atoms with van der Waals surface area (Å²) in [4.78, 5) is 1.08. The fraction of sp³-hybridized carbons (Fsp3) is 0. The molecule has 0 fully saturated rings. The molecular weight excluding hydrogens is 1030 g/mol. The molecule has 0 N–H and O–H groups in total. The summed E-state index contributed by atoms with van der Waals surface area (Å²) in [5, 5.41) is 0.291. The van der Waals surface area contributed by atoms with Gasteiger partial charge in [-0.1, -0.05) is 142 Å².